The zero-order valence-corrected chi connectivity index (χ0v) is 11.2. The molecule has 0 saturated heterocycles. The van der Waals surface area contributed by atoms with Crippen LogP contribution in [0.2, 0.25) is 0 Å². The molecule has 2 atom stereocenters. The number of halogens is 1. The molecule has 0 aliphatic rings. The molecule has 1 aromatic rings. The SMILES string of the molecule is CCC(C)CC(C)NC(=O)c1ccc(F)cc1N. The number of rotatable bonds is 5. The summed E-state index contributed by atoms with van der Waals surface area (Å²) in [5, 5.41) is 2.88. The number of nitrogens with one attached hydrogen (secondary N) is 1. The van der Waals surface area contributed by atoms with Gasteiger partial charge in [0.15, 0.2) is 0 Å². The van der Waals surface area contributed by atoms with Gasteiger partial charge in [0.05, 0.1) is 5.56 Å². The lowest BCUT2D eigenvalue weighted by Crippen LogP contribution is -2.34. The highest BCUT2D eigenvalue weighted by molar-refractivity contribution is 5.99. The van der Waals surface area contributed by atoms with E-state index >= 15 is 0 Å². The molecular formula is C14H21FN2O. The lowest BCUT2D eigenvalue weighted by molar-refractivity contribution is 0.0936. The minimum atomic E-state index is -0.434. The first-order valence-electron chi connectivity index (χ1n) is 6.30. The number of hydrogen-bond acceptors (Lipinski definition) is 2. The first kappa shape index (κ1) is 14.5. The van der Waals surface area contributed by atoms with Gasteiger partial charge in [-0.3, -0.25) is 4.79 Å². The minimum absolute atomic E-state index is 0.0805. The second-order valence-corrected chi connectivity index (χ2v) is 4.86. The Kier molecular flexibility index (Phi) is 5.13. The molecule has 1 rings (SSSR count). The molecule has 100 valence electrons. The molecule has 0 saturated carbocycles. The average Bonchev–Trinajstić information content (AvgIpc) is 2.28. The molecule has 1 aromatic carbocycles. The quantitative estimate of drug-likeness (QED) is 0.792. The lowest BCUT2D eigenvalue weighted by Gasteiger charge is -2.18. The summed E-state index contributed by atoms with van der Waals surface area (Å²) < 4.78 is 12.9. The van der Waals surface area contributed by atoms with Crippen LogP contribution in [-0.4, -0.2) is 11.9 Å². The molecule has 0 aromatic heterocycles. The zero-order valence-electron chi connectivity index (χ0n) is 11.2. The van der Waals surface area contributed by atoms with Crippen LogP contribution in [0.5, 0.6) is 0 Å². The summed E-state index contributed by atoms with van der Waals surface area (Å²) in [4.78, 5) is 11.9. The van der Waals surface area contributed by atoms with Crippen molar-refractivity contribution in [3.8, 4) is 0 Å². The average molecular weight is 252 g/mol. The molecule has 0 aliphatic carbocycles. The highest BCUT2D eigenvalue weighted by Gasteiger charge is 2.14. The number of nitrogen functional groups attached to an aromatic ring is 1. The number of nitrogens with two attached hydrogens (primary N) is 1. The molecule has 0 aliphatic heterocycles. The van der Waals surface area contributed by atoms with Crippen molar-refractivity contribution < 1.29 is 9.18 Å². The van der Waals surface area contributed by atoms with Gasteiger partial charge in [-0.05, 0) is 37.5 Å². The number of anilines is 1. The van der Waals surface area contributed by atoms with Gasteiger partial charge in [0.2, 0.25) is 0 Å². The second-order valence-electron chi connectivity index (χ2n) is 4.86. The van der Waals surface area contributed by atoms with Gasteiger partial charge in [0.1, 0.15) is 5.82 Å². The number of benzene rings is 1. The fraction of sp³-hybridized carbons (Fsp3) is 0.500. The van der Waals surface area contributed by atoms with Crippen molar-refractivity contribution >= 4 is 11.6 Å². The van der Waals surface area contributed by atoms with Crippen molar-refractivity contribution in [2.45, 2.75) is 39.7 Å². The third-order valence-corrected chi connectivity index (χ3v) is 3.09. The van der Waals surface area contributed by atoms with Crippen LogP contribution >= 0.6 is 0 Å². The molecule has 1 amide bonds. The molecule has 0 fully saturated rings. The molecule has 0 spiro atoms. The first-order valence-corrected chi connectivity index (χ1v) is 6.30. The van der Waals surface area contributed by atoms with Crippen LogP contribution in [0, 0.1) is 11.7 Å². The van der Waals surface area contributed by atoms with Gasteiger partial charge in [-0.2, -0.15) is 0 Å². The Morgan fingerprint density at radius 2 is 2.11 bits per heavy atom. The van der Waals surface area contributed by atoms with Crippen LogP contribution in [0.4, 0.5) is 10.1 Å². The van der Waals surface area contributed by atoms with E-state index in [2.05, 4.69) is 19.2 Å². The predicted octanol–water partition coefficient (Wildman–Crippen LogP) is 2.96. The van der Waals surface area contributed by atoms with Gasteiger partial charge in [0, 0.05) is 11.7 Å². The Labute approximate surface area is 108 Å². The van der Waals surface area contributed by atoms with Crippen molar-refractivity contribution in [2.24, 2.45) is 5.92 Å². The van der Waals surface area contributed by atoms with E-state index in [9.17, 15) is 9.18 Å². The van der Waals surface area contributed by atoms with Crippen molar-refractivity contribution in [1.82, 2.24) is 5.32 Å². The third kappa shape index (κ3) is 4.02. The van der Waals surface area contributed by atoms with Crippen LogP contribution in [0.25, 0.3) is 0 Å². The first-order chi connectivity index (χ1) is 8.43. The Balaban J connectivity index is 2.65. The Bertz CT molecular complexity index is 420. The van der Waals surface area contributed by atoms with Crippen LogP contribution in [0.15, 0.2) is 18.2 Å². The summed E-state index contributed by atoms with van der Waals surface area (Å²) in [5.41, 5.74) is 6.12. The fourth-order valence-electron chi connectivity index (χ4n) is 1.87. The monoisotopic (exact) mass is 252 g/mol. The maximum absolute atomic E-state index is 12.9. The van der Waals surface area contributed by atoms with Gasteiger partial charge in [-0.25, -0.2) is 4.39 Å². The van der Waals surface area contributed by atoms with Crippen LogP contribution in [0.1, 0.15) is 44.0 Å². The number of carbonyl (C=O) groups is 1. The highest BCUT2D eigenvalue weighted by Crippen LogP contribution is 2.15. The van der Waals surface area contributed by atoms with E-state index < -0.39 is 5.82 Å². The summed E-state index contributed by atoms with van der Waals surface area (Å²) in [7, 11) is 0. The van der Waals surface area contributed by atoms with E-state index in [1.165, 1.54) is 12.1 Å². The summed E-state index contributed by atoms with van der Waals surface area (Å²) in [6, 6.07) is 3.89. The predicted molar refractivity (Wildman–Crippen MR) is 71.8 cm³/mol. The van der Waals surface area contributed by atoms with Crippen LogP contribution < -0.4 is 11.1 Å². The lowest BCUT2D eigenvalue weighted by atomic mass is 10.00. The third-order valence-electron chi connectivity index (χ3n) is 3.09. The van der Waals surface area contributed by atoms with Crippen molar-refractivity contribution in [3.63, 3.8) is 0 Å². The largest absolute Gasteiger partial charge is 0.398 e. The summed E-state index contributed by atoms with van der Waals surface area (Å²) >= 11 is 0. The standard InChI is InChI=1S/C14H21FN2O/c1-4-9(2)7-10(3)17-14(18)12-6-5-11(15)8-13(12)16/h5-6,8-10H,4,7,16H2,1-3H3,(H,17,18). The van der Waals surface area contributed by atoms with E-state index in [1.807, 2.05) is 6.92 Å². The summed E-state index contributed by atoms with van der Waals surface area (Å²) in [5.74, 6) is -0.120. The smallest absolute Gasteiger partial charge is 0.253 e. The van der Waals surface area contributed by atoms with E-state index in [-0.39, 0.29) is 17.6 Å². The summed E-state index contributed by atoms with van der Waals surface area (Å²) in [6.07, 6.45) is 2.00. The van der Waals surface area contributed by atoms with Gasteiger partial charge >= 0.3 is 0 Å². The topological polar surface area (TPSA) is 55.1 Å². The van der Waals surface area contributed by atoms with Gasteiger partial charge in [-0.15, -0.1) is 0 Å². The zero-order chi connectivity index (χ0) is 13.7. The Hall–Kier alpha value is -1.58. The van der Waals surface area contributed by atoms with Crippen molar-refractivity contribution in [3.05, 3.63) is 29.6 Å². The second kappa shape index (κ2) is 6.38. The maximum atomic E-state index is 12.9. The van der Waals surface area contributed by atoms with E-state index in [4.69, 9.17) is 5.73 Å². The molecule has 3 N–H and O–H groups in total. The molecule has 2 unspecified atom stereocenters. The normalized spacial score (nSPS) is 14.0. The van der Waals surface area contributed by atoms with Crippen LogP contribution in [0.3, 0.4) is 0 Å². The molecule has 18 heavy (non-hydrogen) atoms. The maximum Gasteiger partial charge on any atom is 0.253 e. The summed E-state index contributed by atoms with van der Waals surface area (Å²) in [6.45, 7) is 6.23. The molecule has 0 radical (unpaired) electrons. The van der Waals surface area contributed by atoms with Gasteiger partial charge in [0.25, 0.3) is 5.91 Å². The van der Waals surface area contributed by atoms with Crippen molar-refractivity contribution in [1.29, 1.82) is 0 Å². The fourth-order valence-corrected chi connectivity index (χ4v) is 1.87. The van der Waals surface area contributed by atoms with Gasteiger partial charge < -0.3 is 11.1 Å². The molecule has 0 heterocycles. The number of hydrogen-bond donors (Lipinski definition) is 2. The minimum Gasteiger partial charge on any atom is -0.398 e. The van der Waals surface area contributed by atoms with E-state index in [0.717, 1.165) is 18.9 Å². The van der Waals surface area contributed by atoms with Crippen molar-refractivity contribution in [2.75, 3.05) is 5.73 Å². The number of carbonyl (C=O) groups excluding carboxylic acids is 1. The van der Waals surface area contributed by atoms with E-state index in [0.29, 0.717) is 11.5 Å². The van der Waals surface area contributed by atoms with E-state index in [1.54, 1.807) is 0 Å². The molecule has 0 bridgehead atoms. The highest BCUT2D eigenvalue weighted by atomic mass is 19.1. The van der Waals surface area contributed by atoms with Crippen LogP contribution in [-0.2, 0) is 0 Å². The molecule has 3 nitrogen and oxygen atoms in total. The number of amides is 1. The Morgan fingerprint density at radius 3 is 2.67 bits per heavy atom. The Morgan fingerprint density at radius 1 is 1.44 bits per heavy atom. The van der Waals surface area contributed by atoms with Gasteiger partial charge in [-0.1, -0.05) is 20.3 Å². The molecular weight excluding hydrogens is 231 g/mol. The molecule has 4 heteroatoms.